The number of pyridine rings is 1. The number of aromatic nitrogens is 1. The Morgan fingerprint density at radius 3 is 2.12 bits per heavy atom. The zero-order chi connectivity index (χ0) is 18.8. The summed E-state index contributed by atoms with van der Waals surface area (Å²) in [5.74, 6) is 0. The van der Waals surface area contributed by atoms with E-state index in [2.05, 4.69) is 36.4 Å². The van der Waals surface area contributed by atoms with Crippen molar-refractivity contribution < 1.29 is 0 Å². The van der Waals surface area contributed by atoms with Gasteiger partial charge in [-0.2, -0.15) is 0 Å². The number of hydrogen-bond donors (Lipinski definition) is 0. The molecule has 0 radical (unpaired) electrons. The van der Waals surface area contributed by atoms with E-state index in [1.54, 1.807) is 6.08 Å². The van der Waals surface area contributed by atoms with Crippen molar-refractivity contribution in [3.63, 3.8) is 0 Å². The Labute approximate surface area is 149 Å². The Morgan fingerprint density at radius 1 is 0.958 bits per heavy atom. The van der Waals surface area contributed by atoms with Gasteiger partial charge in [-0.25, -0.2) is 0 Å². The van der Waals surface area contributed by atoms with Crippen LogP contribution < -0.4 is 0 Å². The smallest absolute Gasteiger partial charge is 0.0708 e. The van der Waals surface area contributed by atoms with Gasteiger partial charge in [-0.3, -0.25) is 4.98 Å². The standard InChI is InChI=1S/C19H21N.2C2H6/c1-5-9-12-17(11-7-3)19-14-18(13-10-6-2)16(8-4)15-20-19;2*1-2/h5-15H,2,4H2,1,3H3;2*1-2H3/b9-5-,11-7-,13-10-,17-12+;;. The lowest BCUT2D eigenvalue weighted by Gasteiger charge is -2.06. The topological polar surface area (TPSA) is 12.9 Å². The van der Waals surface area contributed by atoms with Crippen LogP contribution in [0, 0.1) is 0 Å². The van der Waals surface area contributed by atoms with Gasteiger partial charge in [0, 0.05) is 6.20 Å². The summed E-state index contributed by atoms with van der Waals surface area (Å²) < 4.78 is 0. The van der Waals surface area contributed by atoms with Gasteiger partial charge in [0.2, 0.25) is 0 Å². The molecule has 0 saturated heterocycles. The Morgan fingerprint density at radius 2 is 1.62 bits per heavy atom. The van der Waals surface area contributed by atoms with Crippen molar-refractivity contribution in [2.45, 2.75) is 41.5 Å². The van der Waals surface area contributed by atoms with Crippen LogP contribution in [0.25, 0.3) is 17.7 Å². The molecule has 0 spiro atoms. The normalized spacial score (nSPS) is 11.0. The van der Waals surface area contributed by atoms with Gasteiger partial charge in [0.25, 0.3) is 0 Å². The predicted octanol–water partition coefficient (Wildman–Crippen LogP) is 7.51. The van der Waals surface area contributed by atoms with Gasteiger partial charge in [-0.1, -0.05) is 95.5 Å². The number of rotatable bonds is 6. The molecule has 1 aromatic rings. The lowest BCUT2D eigenvalue weighted by atomic mass is 10.0. The maximum atomic E-state index is 4.51. The highest BCUT2D eigenvalue weighted by molar-refractivity contribution is 5.76. The molecule has 0 aliphatic rings. The van der Waals surface area contributed by atoms with E-state index in [9.17, 15) is 0 Å². The second kappa shape index (κ2) is 17.0. The molecule has 1 heteroatoms. The van der Waals surface area contributed by atoms with Gasteiger partial charge >= 0.3 is 0 Å². The maximum absolute atomic E-state index is 4.51. The van der Waals surface area contributed by atoms with Crippen molar-refractivity contribution in [2.75, 3.05) is 0 Å². The average Bonchev–Trinajstić information content (AvgIpc) is 2.66. The van der Waals surface area contributed by atoms with Crippen molar-refractivity contribution in [1.82, 2.24) is 4.98 Å². The summed E-state index contributed by atoms with van der Waals surface area (Å²) in [4.78, 5) is 4.51. The van der Waals surface area contributed by atoms with E-state index in [1.165, 1.54) is 0 Å². The van der Waals surface area contributed by atoms with Crippen LogP contribution >= 0.6 is 0 Å². The highest BCUT2D eigenvalue weighted by Crippen LogP contribution is 2.19. The summed E-state index contributed by atoms with van der Waals surface area (Å²) in [7, 11) is 0. The second-order valence-electron chi connectivity index (χ2n) is 4.15. The molecular formula is C23H33N. The summed E-state index contributed by atoms with van der Waals surface area (Å²) in [5.41, 5.74) is 4.11. The van der Waals surface area contributed by atoms with Crippen molar-refractivity contribution in [2.24, 2.45) is 0 Å². The molecule has 0 aliphatic carbocycles. The molecule has 0 bridgehead atoms. The molecule has 1 nitrogen and oxygen atoms in total. The number of nitrogens with zero attached hydrogens (tertiary/aromatic N) is 1. The summed E-state index contributed by atoms with van der Waals surface area (Å²) in [6.45, 7) is 19.5. The van der Waals surface area contributed by atoms with Crippen LogP contribution in [0.5, 0.6) is 0 Å². The molecule has 1 heterocycles. The Balaban J connectivity index is 0. The Bertz CT molecular complexity index is 584. The molecule has 0 fully saturated rings. The predicted molar refractivity (Wildman–Crippen MR) is 114 cm³/mol. The highest BCUT2D eigenvalue weighted by atomic mass is 14.7. The molecule has 0 unspecified atom stereocenters. The fourth-order valence-corrected chi connectivity index (χ4v) is 1.73. The molecule has 1 aromatic heterocycles. The van der Waals surface area contributed by atoms with Crippen molar-refractivity contribution in [3.05, 3.63) is 84.8 Å². The Kier molecular flexibility index (Phi) is 16.8. The van der Waals surface area contributed by atoms with Gasteiger partial charge in [0.1, 0.15) is 0 Å². The van der Waals surface area contributed by atoms with E-state index < -0.39 is 0 Å². The first kappa shape index (κ1) is 23.9. The van der Waals surface area contributed by atoms with Crippen LogP contribution in [0.3, 0.4) is 0 Å². The van der Waals surface area contributed by atoms with E-state index >= 15 is 0 Å². The summed E-state index contributed by atoms with van der Waals surface area (Å²) in [6, 6.07) is 2.06. The minimum absolute atomic E-state index is 0.940. The number of allylic oxidation sites excluding steroid dienone is 8. The van der Waals surface area contributed by atoms with Crippen LogP contribution in [0.4, 0.5) is 0 Å². The third-order valence-electron chi connectivity index (χ3n) is 2.71. The second-order valence-corrected chi connectivity index (χ2v) is 4.15. The Hall–Kier alpha value is -2.41. The summed E-state index contributed by atoms with van der Waals surface area (Å²) >= 11 is 0. The zero-order valence-corrected chi connectivity index (χ0v) is 16.2. The fourth-order valence-electron chi connectivity index (χ4n) is 1.73. The van der Waals surface area contributed by atoms with E-state index in [0.29, 0.717) is 0 Å². The minimum Gasteiger partial charge on any atom is -0.256 e. The van der Waals surface area contributed by atoms with E-state index in [4.69, 9.17) is 0 Å². The van der Waals surface area contributed by atoms with E-state index in [0.717, 1.165) is 22.4 Å². The first-order chi connectivity index (χ1) is 11.8. The van der Waals surface area contributed by atoms with Gasteiger partial charge in [0.05, 0.1) is 5.69 Å². The van der Waals surface area contributed by atoms with Crippen molar-refractivity contribution >= 4 is 17.7 Å². The fraction of sp³-hybridized carbons (Fsp3) is 0.261. The van der Waals surface area contributed by atoms with Crippen LogP contribution in [0.1, 0.15) is 58.4 Å². The molecule has 0 aliphatic heterocycles. The molecule has 130 valence electrons. The van der Waals surface area contributed by atoms with E-state index in [1.807, 2.05) is 84.2 Å². The minimum atomic E-state index is 0.940. The quantitative estimate of drug-likeness (QED) is 0.493. The molecule has 0 N–H and O–H groups in total. The highest BCUT2D eigenvalue weighted by Gasteiger charge is 2.03. The van der Waals surface area contributed by atoms with Gasteiger partial charge in [-0.05, 0) is 36.6 Å². The number of hydrogen-bond acceptors (Lipinski definition) is 1. The SMILES string of the molecule is C=C/C=C\c1cc(C(/C=C\C)=C/C=C\C)ncc1C=C.CC.CC. The molecule has 1 rings (SSSR count). The van der Waals surface area contributed by atoms with Gasteiger partial charge in [-0.15, -0.1) is 0 Å². The molecule has 0 aromatic carbocycles. The summed E-state index contributed by atoms with van der Waals surface area (Å²) in [5, 5.41) is 0. The van der Waals surface area contributed by atoms with Crippen LogP contribution in [0.2, 0.25) is 0 Å². The molecular weight excluding hydrogens is 290 g/mol. The third-order valence-corrected chi connectivity index (χ3v) is 2.71. The molecule has 0 atom stereocenters. The maximum Gasteiger partial charge on any atom is 0.0708 e. The first-order valence-corrected chi connectivity index (χ1v) is 8.64. The van der Waals surface area contributed by atoms with Crippen LogP contribution in [0.15, 0.2) is 68.0 Å². The van der Waals surface area contributed by atoms with Crippen molar-refractivity contribution in [1.29, 1.82) is 0 Å². The van der Waals surface area contributed by atoms with Gasteiger partial charge in [0.15, 0.2) is 0 Å². The molecule has 24 heavy (non-hydrogen) atoms. The van der Waals surface area contributed by atoms with Crippen LogP contribution in [-0.4, -0.2) is 4.98 Å². The average molecular weight is 324 g/mol. The first-order valence-electron chi connectivity index (χ1n) is 8.64. The molecule has 0 amide bonds. The lowest BCUT2D eigenvalue weighted by molar-refractivity contribution is 1.26. The van der Waals surface area contributed by atoms with Crippen molar-refractivity contribution in [3.8, 4) is 0 Å². The van der Waals surface area contributed by atoms with Gasteiger partial charge < -0.3 is 0 Å². The largest absolute Gasteiger partial charge is 0.256 e. The summed E-state index contributed by atoms with van der Waals surface area (Å²) in [6.07, 6.45) is 19.5. The molecule has 0 saturated carbocycles. The zero-order valence-electron chi connectivity index (χ0n) is 16.2. The third kappa shape index (κ3) is 8.89. The monoisotopic (exact) mass is 323 g/mol. The lowest BCUT2D eigenvalue weighted by Crippen LogP contribution is -1.91. The van der Waals surface area contributed by atoms with Crippen LogP contribution in [-0.2, 0) is 0 Å². The van der Waals surface area contributed by atoms with E-state index in [-0.39, 0.29) is 0 Å².